The topological polar surface area (TPSA) is 182 Å². The van der Waals surface area contributed by atoms with E-state index in [0.29, 0.717) is 10.7 Å². The molecular weight excluding hydrogens is 516 g/mol. The van der Waals surface area contributed by atoms with Crippen molar-refractivity contribution in [3.63, 3.8) is 0 Å². The van der Waals surface area contributed by atoms with Gasteiger partial charge in [0.2, 0.25) is 5.82 Å². The summed E-state index contributed by atoms with van der Waals surface area (Å²) in [6, 6.07) is 3.26. The summed E-state index contributed by atoms with van der Waals surface area (Å²) in [6.07, 6.45) is 0.266. The van der Waals surface area contributed by atoms with Gasteiger partial charge >= 0.3 is 0 Å². The van der Waals surface area contributed by atoms with Gasteiger partial charge in [-0.25, -0.2) is 19.9 Å². The Hall–Kier alpha value is -3.83. The molecule has 1 saturated carbocycles. The Morgan fingerprint density at radius 3 is 2.71 bits per heavy atom. The second kappa shape index (κ2) is 10.5. The number of nitrogen functional groups attached to an aromatic ring is 1. The molecule has 198 valence electrons. The van der Waals surface area contributed by atoms with Crippen LogP contribution in [0.5, 0.6) is 0 Å². The lowest BCUT2D eigenvalue weighted by atomic mass is 9.91. The molecule has 4 heterocycles. The number of nitrogens with zero attached hydrogens (tertiary/aromatic N) is 6. The molecule has 1 aliphatic heterocycles. The molecule has 4 atom stereocenters. The lowest BCUT2D eigenvalue weighted by molar-refractivity contribution is -0.137. The summed E-state index contributed by atoms with van der Waals surface area (Å²) in [7, 11) is 1.40. The van der Waals surface area contributed by atoms with Crippen LogP contribution in [0.1, 0.15) is 41.7 Å². The first-order chi connectivity index (χ1) is 18.3. The largest absolute Gasteiger partial charge is 0.387 e. The number of nitrogens with two attached hydrogens (primary N) is 1. The first-order valence-corrected chi connectivity index (χ1v) is 12.3. The Labute approximate surface area is 222 Å². The fraction of sp³-hybridized carbons (Fsp3) is 0.417. The highest BCUT2D eigenvalue weighted by Gasteiger charge is 2.47. The molecule has 0 bridgehead atoms. The summed E-state index contributed by atoms with van der Waals surface area (Å²) in [5.74, 6) is 5.15. The molecule has 14 heteroatoms. The molecule has 3 aromatic heterocycles. The van der Waals surface area contributed by atoms with Gasteiger partial charge in [-0.2, -0.15) is 0 Å². The molecule has 2 fully saturated rings. The minimum atomic E-state index is -1.46. The maximum Gasteiger partial charge on any atom is 0.256 e. The number of aliphatic hydroxyl groups is 2. The van der Waals surface area contributed by atoms with Gasteiger partial charge in [-0.1, -0.05) is 17.5 Å². The van der Waals surface area contributed by atoms with E-state index in [1.807, 2.05) is 0 Å². The van der Waals surface area contributed by atoms with Crippen molar-refractivity contribution in [3.05, 3.63) is 41.2 Å². The standard InChI is InChI=1S/C24H25ClN8O5/c1-27-22(36)19-17(34)18(35)24(38-19)33-11-29-16-20(26)30-15(31-21(16)33)6-3-9-32(13-4-2-5-13)23(37)12-7-8-14(25)28-10-12/h7-8,10-11,13,17-19,24,34-35H,2,4-5,9H2,1H3,(H,27,36)(H2,26,30,31)/t17-,18?,19-,24+/m0/s1. The number of halogens is 1. The number of anilines is 1. The Bertz CT molecular complexity index is 1430. The van der Waals surface area contributed by atoms with Crippen molar-refractivity contribution in [1.29, 1.82) is 0 Å². The number of rotatable bonds is 5. The zero-order valence-electron chi connectivity index (χ0n) is 20.3. The van der Waals surface area contributed by atoms with Crippen LogP contribution in [0, 0.1) is 11.8 Å². The molecule has 1 unspecified atom stereocenters. The third-order valence-corrected chi connectivity index (χ3v) is 6.89. The van der Waals surface area contributed by atoms with Crippen molar-refractivity contribution in [2.45, 2.75) is 49.8 Å². The smallest absolute Gasteiger partial charge is 0.256 e. The number of hydrogen-bond donors (Lipinski definition) is 4. The third-order valence-electron chi connectivity index (χ3n) is 6.67. The highest BCUT2D eigenvalue weighted by atomic mass is 35.5. The summed E-state index contributed by atoms with van der Waals surface area (Å²) < 4.78 is 6.99. The van der Waals surface area contributed by atoms with Gasteiger partial charge in [-0.15, -0.1) is 0 Å². The summed E-state index contributed by atoms with van der Waals surface area (Å²) in [6.45, 7) is 0.136. The van der Waals surface area contributed by atoms with Crippen molar-refractivity contribution in [2.75, 3.05) is 19.3 Å². The highest BCUT2D eigenvalue weighted by Crippen LogP contribution is 2.32. The van der Waals surface area contributed by atoms with Crippen LogP contribution in [-0.2, 0) is 9.53 Å². The number of aromatic nitrogens is 5. The van der Waals surface area contributed by atoms with E-state index in [-0.39, 0.29) is 41.3 Å². The van der Waals surface area contributed by atoms with Crippen LogP contribution in [0.3, 0.4) is 0 Å². The number of carbonyl (C=O) groups is 2. The normalized spacial score (nSPS) is 22.9. The van der Waals surface area contributed by atoms with E-state index in [4.69, 9.17) is 22.1 Å². The third kappa shape index (κ3) is 4.74. The molecule has 5 rings (SSSR count). The molecule has 1 saturated heterocycles. The van der Waals surface area contributed by atoms with Crippen LogP contribution >= 0.6 is 11.6 Å². The van der Waals surface area contributed by atoms with E-state index in [9.17, 15) is 19.8 Å². The predicted octanol–water partition coefficient (Wildman–Crippen LogP) is -0.131. The van der Waals surface area contributed by atoms with E-state index in [1.165, 1.54) is 24.1 Å². The lowest BCUT2D eigenvalue weighted by Gasteiger charge is -2.36. The van der Waals surface area contributed by atoms with Crippen molar-refractivity contribution in [3.8, 4) is 11.8 Å². The van der Waals surface area contributed by atoms with Gasteiger partial charge in [0.15, 0.2) is 23.8 Å². The summed E-state index contributed by atoms with van der Waals surface area (Å²) in [5.41, 5.74) is 6.94. The Morgan fingerprint density at radius 1 is 1.26 bits per heavy atom. The molecule has 13 nitrogen and oxygen atoms in total. The van der Waals surface area contributed by atoms with Crippen molar-refractivity contribution in [1.82, 2.24) is 34.7 Å². The number of carbonyl (C=O) groups excluding carboxylic acids is 2. The molecule has 38 heavy (non-hydrogen) atoms. The first-order valence-electron chi connectivity index (χ1n) is 11.9. The SMILES string of the molecule is CNC(=O)[C@H]1O[C@@H](n2cnc3c(N)nc(C#CCN(C(=O)c4ccc(Cl)nc4)C4CCC4)nc32)C(O)[C@@H]1O. The number of pyridine rings is 1. The number of aliphatic hydroxyl groups excluding tert-OH is 2. The molecule has 5 N–H and O–H groups in total. The van der Waals surface area contributed by atoms with Crippen LogP contribution in [0.25, 0.3) is 11.2 Å². The molecule has 1 aliphatic carbocycles. The number of hydrogen-bond acceptors (Lipinski definition) is 10. The minimum absolute atomic E-state index is 0.0492. The summed E-state index contributed by atoms with van der Waals surface area (Å²) >= 11 is 5.85. The maximum absolute atomic E-state index is 13.1. The number of fused-ring (bicyclic) bond motifs is 1. The molecule has 0 radical (unpaired) electrons. The Morgan fingerprint density at radius 2 is 2.05 bits per heavy atom. The van der Waals surface area contributed by atoms with Crippen LogP contribution < -0.4 is 11.1 Å². The number of nitrogens with one attached hydrogen (secondary N) is 1. The second-order valence-electron chi connectivity index (χ2n) is 8.99. The van der Waals surface area contributed by atoms with Crippen molar-refractivity contribution in [2.24, 2.45) is 0 Å². The predicted molar refractivity (Wildman–Crippen MR) is 135 cm³/mol. The number of ether oxygens (including phenoxy) is 1. The quantitative estimate of drug-likeness (QED) is 0.251. The fourth-order valence-corrected chi connectivity index (χ4v) is 4.48. The summed E-state index contributed by atoms with van der Waals surface area (Å²) in [5, 5.41) is 23.5. The number of likely N-dealkylation sites (N-methyl/N-ethyl adjacent to an activating group) is 1. The van der Waals surface area contributed by atoms with Crippen LogP contribution in [0.2, 0.25) is 5.15 Å². The average molecular weight is 541 g/mol. The van der Waals surface area contributed by atoms with Gasteiger partial charge in [-0.05, 0) is 37.3 Å². The van der Waals surface area contributed by atoms with E-state index in [0.717, 1.165) is 19.3 Å². The van der Waals surface area contributed by atoms with Crippen LogP contribution in [0.15, 0.2) is 24.7 Å². The summed E-state index contributed by atoms with van der Waals surface area (Å²) in [4.78, 5) is 43.6. The monoisotopic (exact) mass is 540 g/mol. The van der Waals surface area contributed by atoms with Crippen LogP contribution in [-0.4, -0.2) is 89.4 Å². The number of imidazole rings is 1. The van der Waals surface area contributed by atoms with Gasteiger partial charge < -0.3 is 30.9 Å². The van der Waals surface area contributed by atoms with E-state index < -0.39 is 30.4 Å². The van der Waals surface area contributed by atoms with Gasteiger partial charge in [-0.3, -0.25) is 14.2 Å². The average Bonchev–Trinajstić information content (AvgIpc) is 3.43. The zero-order chi connectivity index (χ0) is 27.0. The minimum Gasteiger partial charge on any atom is -0.387 e. The van der Waals surface area contributed by atoms with Gasteiger partial charge in [0.05, 0.1) is 18.4 Å². The number of amides is 2. The molecule has 3 aromatic rings. The lowest BCUT2D eigenvalue weighted by Crippen LogP contribution is -2.44. The molecular formula is C24H25ClN8O5. The fourth-order valence-electron chi connectivity index (χ4n) is 4.37. The molecule has 0 spiro atoms. The molecule has 0 aromatic carbocycles. The van der Waals surface area contributed by atoms with Gasteiger partial charge in [0.1, 0.15) is 22.9 Å². The van der Waals surface area contributed by atoms with E-state index in [1.54, 1.807) is 17.0 Å². The Kier molecular flexibility index (Phi) is 7.13. The van der Waals surface area contributed by atoms with Crippen molar-refractivity contribution >= 4 is 40.4 Å². The second-order valence-corrected chi connectivity index (χ2v) is 9.38. The molecule has 2 aliphatic rings. The zero-order valence-corrected chi connectivity index (χ0v) is 21.0. The van der Waals surface area contributed by atoms with E-state index >= 15 is 0 Å². The van der Waals surface area contributed by atoms with Gasteiger partial charge in [0.25, 0.3) is 11.8 Å². The van der Waals surface area contributed by atoms with Gasteiger partial charge in [0, 0.05) is 19.3 Å². The Balaban J connectivity index is 1.40. The van der Waals surface area contributed by atoms with Crippen molar-refractivity contribution < 1.29 is 24.5 Å². The first kappa shape index (κ1) is 25.8. The molecule has 2 amide bonds. The van der Waals surface area contributed by atoms with E-state index in [2.05, 4.69) is 37.1 Å². The highest BCUT2D eigenvalue weighted by molar-refractivity contribution is 6.29. The van der Waals surface area contributed by atoms with Crippen LogP contribution in [0.4, 0.5) is 5.82 Å². The maximum atomic E-state index is 13.1.